The lowest BCUT2D eigenvalue weighted by Crippen LogP contribution is -2.29. The predicted octanol–water partition coefficient (Wildman–Crippen LogP) is 5.05. The molecule has 3 heteroatoms. The second-order valence-electron chi connectivity index (χ2n) is 6.28. The number of carbonyl (C=O) groups is 2. The van der Waals surface area contributed by atoms with Crippen molar-refractivity contribution in [2.24, 2.45) is 5.41 Å². The van der Waals surface area contributed by atoms with E-state index in [9.17, 15) is 9.59 Å². The third kappa shape index (κ3) is 3.53. The number of alkyl halides is 1. The summed E-state index contributed by atoms with van der Waals surface area (Å²) < 4.78 is 0. The zero-order valence-corrected chi connectivity index (χ0v) is 14.6. The van der Waals surface area contributed by atoms with Gasteiger partial charge in [0.1, 0.15) is 0 Å². The van der Waals surface area contributed by atoms with E-state index in [-0.39, 0.29) is 5.78 Å². The van der Waals surface area contributed by atoms with Crippen LogP contribution >= 0.6 is 15.9 Å². The molecular weight excluding hydrogens is 340 g/mol. The Bertz CT molecular complexity index is 694. The van der Waals surface area contributed by atoms with Gasteiger partial charge in [-0.25, -0.2) is 0 Å². The number of halogens is 1. The SMILES string of the molecule is CC(C)(C)C(=O)C(=O)c1ccccc1-c1ccc(CBr)cc1. The number of benzene rings is 2. The van der Waals surface area contributed by atoms with Gasteiger partial charge in [0.05, 0.1) is 0 Å². The number of ketones is 2. The monoisotopic (exact) mass is 358 g/mol. The van der Waals surface area contributed by atoms with Crippen LogP contribution in [0.5, 0.6) is 0 Å². The summed E-state index contributed by atoms with van der Waals surface area (Å²) in [6.45, 7) is 5.29. The average molecular weight is 359 g/mol. The second-order valence-corrected chi connectivity index (χ2v) is 6.85. The van der Waals surface area contributed by atoms with Gasteiger partial charge in [0.25, 0.3) is 0 Å². The first kappa shape index (κ1) is 16.6. The van der Waals surface area contributed by atoms with E-state index in [0.29, 0.717) is 5.56 Å². The van der Waals surface area contributed by atoms with Crippen LogP contribution in [0.2, 0.25) is 0 Å². The van der Waals surface area contributed by atoms with Crippen molar-refractivity contribution in [3.8, 4) is 11.1 Å². The maximum Gasteiger partial charge on any atom is 0.229 e. The largest absolute Gasteiger partial charge is 0.290 e. The van der Waals surface area contributed by atoms with E-state index >= 15 is 0 Å². The Hall–Kier alpha value is -1.74. The molecule has 0 fully saturated rings. The topological polar surface area (TPSA) is 34.1 Å². The van der Waals surface area contributed by atoms with Crippen LogP contribution in [0.15, 0.2) is 48.5 Å². The molecule has 0 aliphatic carbocycles. The van der Waals surface area contributed by atoms with Gasteiger partial charge in [0.15, 0.2) is 0 Å². The molecule has 0 aliphatic rings. The second kappa shape index (κ2) is 6.57. The van der Waals surface area contributed by atoms with Crippen molar-refractivity contribution in [3.63, 3.8) is 0 Å². The summed E-state index contributed by atoms with van der Waals surface area (Å²) in [6, 6.07) is 15.3. The molecule has 2 rings (SSSR count). The standard InChI is InChI=1S/C19H19BrO2/c1-19(2,3)18(22)17(21)16-7-5-4-6-15(16)14-10-8-13(12-20)9-11-14/h4-11H,12H2,1-3H3. The van der Waals surface area contributed by atoms with E-state index in [1.54, 1.807) is 32.9 Å². The Morgan fingerprint density at radius 3 is 2.09 bits per heavy atom. The Morgan fingerprint density at radius 1 is 0.955 bits per heavy atom. The van der Waals surface area contributed by atoms with E-state index in [2.05, 4.69) is 15.9 Å². The van der Waals surface area contributed by atoms with Crippen molar-refractivity contribution in [2.45, 2.75) is 26.1 Å². The van der Waals surface area contributed by atoms with Crippen molar-refractivity contribution in [2.75, 3.05) is 0 Å². The number of carbonyl (C=O) groups excluding carboxylic acids is 2. The van der Waals surface area contributed by atoms with E-state index in [4.69, 9.17) is 0 Å². The van der Waals surface area contributed by atoms with Gasteiger partial charge in [-0.15, -0.1) is 0 Å². The fourth-order valence-electron chi connectivity index (χ4n) is 2.17. The van der Waals surface area contributed by atoms with Crippen LogP contribution in [0.4, 0.5) is 0 Å². The van der Waals surface area contributed by atoms with E-state index in [1.165, 1.54) is 5.56 Å². The van der Waals surface area contributed by atoms with E-state index in [0.717, 1.165) is 16.5 Å². The Kier molecular flexibility index (Phi) is 4.97. The van der Waals surface area contributed by atoms with Crippen LogP contribution in [0.1, 0.15) is 36.7 Å². The van der Waals surface area contributed by atoms with Crippen molar-refractivity contribution >= 4 is 27.5 Å². The molecule has 0 radical (unpaired) electrons. The van der Waals surface area contributed by atoms with Crippen LogP contribution in [0.3, 0.4) is 0 Å². The minimum absolute atomic E-state index is 0.364. The van der Waals surface area contributed by atoms with Crippen molar-refractivity contribution < 1.29 is 9.59 Å². The highest BCUT2D eigenvalue weighted by Crippen LogP contribution is 2.27. The first-order chi connectivity index (χ1) is 10.3. The Labute approximate surface area is 139 Å². The number of Topliss-reactive ketones (excluding diaryl/α,β-unsaturated/α-hetero) is 2. The predicted molar refractivity (Wildman–Crippen MR) is 93.3 cm³/mol. The lowest BCUT2D eigenvalue weighted by atomic mass is 9.84. The quantitative estimate of drug-likeness (QED) is 0.435. The molecule has 0 aliphatic heterocycles. The summed E-state index contributed by atoms with van der Waals surface area (Å²) in [5.41, 5.74) is 2.69. The molecule has 0 saturated heterocycles. The maximum absolute atomic E-state index is 12.6. The molecule has 2 nitrogen and oxygen atoms in total. The molecule has 0 N–H and O–H groups in total. The van der Waals surface area contributed by atoms with Gasteiger partial charge < -0.3 is 0 Å². The van der Waals surface area contributed by atoms with Gasteiger partial charge in [0, 0.05) is 16.3 Å². The first-order valence-electron chi connectivity index (χ1n) is 7.18. The molecule has 0 amide bonds. The van der Waals surface area contributed by atoms with Crippen LogP contribution in [-0.2, 0) is 10.1 Å². The fourth-order valence-corrected chi connectivity index (χ4v) is 2.54. The third-order valence-corrected chi connectivity index (χ3v) is 4.13. The summed E-state index contributed by atoms with van der Waals surface area (Å²) >= 11 is 3.42. The molecule has 0 heterocycles. The van der Waals surface area contributed by atoms with Gasteiger partial charge >= 0.3 is 0 Å². The summed E-state index contributed by atoms with van der Waals surface area (Å²) in [5, 5.41) is 0.788. The van der Waals surface area contributed by atoms with E-state index in [1.807, 2.05) is 36.4 Å². The number of hydrogen-bond acceptors (Lipinski definition) is 2. The summed E-state index contributed by atoms with van der Waals surface area (Å²) in [5.74, 6) is -0.787. The normalized spacial score (nSPS) is 11.3. The molecule has 22 heavy (non-hydrogen) atoms. The molecule has 0 bridgehead atoms. The third-order valence-electron chi connectivity index (χ3n) is 3.48. The molecule has 0 saturated carbocycles. The van der Waals surface area contributed by atoms with Gasteiger partial charge in [-0.05, 0) is 16.7 Å². The number of hydrogen-bond donors (Lipinski definition) is 0. The lowest BCUT2D eigenvalue weighted by Gasteiger charge is -2.16. The average Bonchev–Trinajstić information content (AvgIpc) is 2.52. The van der Waals surface area contributed by atoms with Gasteiger partial charge in [-0.2, -0.15) is 0 Å². The van der Waals surface area contributed by atoms with Crippen molar-refractivity contribution in [1.82, 2.24) is 0 Å². The molecule has 0 unspecified atom stereocenters. The molecule has 2 aromatic rings. The van der Waals surface area contributed by atoms with Crippen LogP contribution in [0.25, 0.3) is 11.1 Å². The van der Waals surface area contributed by atoms with Crippen molar-refractivity contribution in [1.29, 1.82) is 0 Å². The maximum atomic E-state index is 12.6. The van der Waals surface area contributed by atoms with Gasteiger partial charge in [-0.1, -0.05) is 85.2 Å². The first-order valence-corrected chi connectivity index (χ1v) is 8.30. The summed E-state index contributed by atoms with van der Waals surface area (Å²) in [7, 11) is 0. The van der Waals surface area contributed by atoms with Gasteiger partial charge in [-0.3, -0.25) is 9.59 Å². The highest BCUT2D eigenvalue weighted by molar-refractivity contribution is 9.08. The summed E-state index contributed by atoms with van der Waals surface area (Å²) in [4.78, 5) is 24.8. The lowest BCUT2D eigenvalue weighted by molar-refractivity contribution is -0.121. The number of rotatable bonds is 4. The molecule has 0 spiro atoms. The highest BCUT2D eigenvalue weighted by atomic mass is 79.9. The van der Waals surface area contributed by atoms with E-state index < -0.39 is 11.2 Å². The molecule has 0 aromatic heterocycles. The Balaban J connectivity index is 2.46. The van der Waals surface area contributed by atoms with Crippen molar-refractivity contribution in [3.05, 3.63) is 59.7 Å². The highest BCUT2D eigenvalue weighted by Gasteiger charge is 2.30. The zero-order chi connectivity index (χ0) is 16.3. The smallest absolute Gasteiger partial charge is 0.229 e. The fraction of sp³-hybridized carbons (Fsp3) is 0.263. The molecule has 2 aromatic carbocycles. The zero-order valence-electron chi connectivity index (χ0n) is 13.0. The van der Waals surface area contributed by atoms with Gasteiger partial charge in [0.2, 0.25) is 11.6 Å². The molecular formula is C19H19BrO2. The minimum Gasteiger partial charge on any atom is -0.290 e. The Morgan fingerprint density at radius 2 is 1.55 bits per heavy atom. The van der Waals surface area contributed by atoms with Crippen LogP contribution < -0.4 is 0 Å². The molecule has 114 valence electrons. The van der Waals surface area contributed by atoms with Crippen LogP contribution in [0, 0.1) is 5.41 Å². The molecule has 0 atom stereocenters. The summed E-state index contributed by atoms with van der Waals surface area (Å²) in [6.07, 6.45) is 0. The minimum atomic E-state index is -0.677. The van der Waals surface area contributed by atoms with Crippen LogP contribution in [-0.4, -0.2) is 11.6 Å².